The molecule has 0 spiro atoms. The van der Waals surface area contributed by atoms with Gasteiger partial charge in [-0.1, -0.05) is 37.3 Å². The number of rotatable bonds is 7. The van der Waals surface area contributed by atoms with E-state index in [1.165, 1.54) is 0 Å². The second kappa shape index (κ2) is 5.85. The van der Waals surface area contributed by atoms with Gasteiger partial charge in [0.15, 0.2) is 9.84 Å². The highest BCUT2D eigenvalue weighted by Gasteiger charge is 2.35. The molecule has 0 aliphatic heterocycles. The fourth-order valence-electron chi connectivity index (χ4n) is 2.02. The van der Waals surface area contributed by atoms with Crippen LogP contribution in [-0.2, 0) is 14.6 Å². The molecular weight excluding hydrogens is 248 g/mol. The molecule has 18 heavy (non-hydrogen) atoms. The fraction of sp³-hybridized carbons (Fsp3) is 0.571. The quantitative estimate of drug-likeness (QED) is 0.763. The Bertz CT molecular complexity index is 463. The van der Waals surface area contributed by atoms with E-state index in [1.54, 1.807) is 0 Å². The molecule has 1 aliphatic rings. The zero-order valence-corrected chi connectivity index (χ0v) is 11.5. The molecule has 0 bridgehead atoms. The first-order valence-electron chi connectivity index (χ1n) is 6.51. The summed E-state index contributed by atoms with van der Waals surface area (Å²) in [5, 5.41) is -0.0853. The van der Waals surface area contributed by atoms with Crippen molar-refractivity contribution < 1.29 is 13.2 Å². The van der Waals surface area contributed by atoms with Crippen LogP contribution in [0.4, 0.5) is 0 Å². The van der Waals surface area contributed by atoms with Crippen molar-refractivity contribution in [2.75, 3.05) is 12.4 Å². The first-order valence-corrected chi connectivity index (χ1v) is 8.23. The SMILES string of the molecule is CCC(OCCS(=O)(=O)C1CC1)c1ccccc1. The largest absolute Gasteiger partial charge is 0.372 e. The molecule has 0 N–H and O–H groups in total. The smallest absolute Gasteiger partial charge is 0.155 e. The molecule has 1 fully saturated rings. The van der Waals surface area contributed by atoms with Gasteiger partial charge in [0, 0.05) is 0 Å². The minimum absolute atomic E-state index is 0.000558. The molecule has 1 saturated carbocycles. The van der Waals surface area contributed by atoms with Crippen LogP contribution in [0, 0.1) is 0 Å². The monoisotopic (exact) mass is 268 g/mol. The first-order chi connectivity index (χ1) is 8.63. The van der Waals surface area contributed by atoms with Crippen molar-refractivity contribution in [2.24, 2.45) is 0 Å². The third kappa shape index (κ3) is 3.56. The van der Waals surface area contributed by atoms with Crippen LogP contribution in [-0.4, -0.2) is 26.0 Å². The Morgan fingerprint density at radius 1 is 1.28 bits per heavy atom. The van der Waals surface area contributed by atoms with E-state index in [4.69, 9.17) is 4.74 Å². The normalized spacial score (nSPS) is 17.6. The Morgan fingerprint density at radius 2 is 1.94 bits per heavy atom. The molecular formula is C14H20O3S. The zero-order chi connectivity index (χ0) is 13.0. The van der Waals surface area contributed by atoms with Crippen molar-refractivity contribution in [3.8, 4) is 0 Å². The molecule has 4 heteroatoms. The summed E-state index contributed by atoms with van der Waals surface area (Å²) in [5.74, 6) is 0.154. The van der Waals surface area contributed by atoms with Gasteiger partial charge in [0.05, 0.1) is 23.7 Å². The maximum absolute atomic E-state index is 11.7. The lowest BCUT2D eigenvalue weighted by Crippen LogP contribution is -2.17. The first kappa shape index (κ1) is 13.6. The van der Waals surface area contributed by atoms with E-state index < -0.39 is 9.84 Å². The molecule has 1 aliphatic carbocycles. The van der Waals surface area contributed by atoms with Gasteiger partial charge < -0.3 is 4.74 Å². The summed E-state index contributed by atoms with van der Waals surface area (Å²) in [7, 11) is -2.90. The van der Waals surface area contributed by atoms with E-state index in [0.29, 0.717) is 6.61 Å². The van der Waals surface area contributed by atoms with Crippen molar-refractivity contribution >= 4 is 9.84 Å². The number of benzene rings is 1. The maximum Gasteiger partial charge on any atom is 0.155 e. The van der Waals surface area contributed by atoms with Crippen LogP contribution in [0.3, 0.4) is 0 Å². The van der Waals surface area contributed by atoms with E-state index in [9.17, 15) is 8.42 Å². The predicted octanol–water partition coefficient (Wildman–Crippen LogP) is 2.73. The highest BCUT2D eigenvalue weighted by atomic mass is 32.2. The molecule has 1 aromatic rings. The molecule has 1 atom stereocenters. The number of hydrogen-bond donors (Lipinski definition) is 0. The lowest BCUT2D eigenvalue weighted by atomic mass is 10.1. The van der Waals surface area contributed by atoms with Crippen molar-refractivity contribution in [1.29, 1.82) is 0 Å². The lowest BCUT2D eigenvalue weighted by Gasteiger charge is -2.16. The molecule has 0 heterocycles. The van der Waals surface area contributed by atoms with Gasteiger partial charge in [-0.05, 0) is 24.8 Å². The van der Waals surface area contributed by atoms with Gasteiger partial charge in [-0.15, -0.1) is 0 Å². The van der Waals surface area contributed by atoms with Gasteiger partial charge in [0.1, 0.15) is 0 Å². The number of ether oxygens (including phenoxy) is 1. The van der Waals surface area contributed by atoms with Crippen LogP contribution in [0.25, 0.3) is 0 Å². The Kier molecular flexibility index (Phi) is 4.40. The molecule has 3 nitrogen and oxygen atoms in total. The van der Waals surface area contributed by atoms with Crippen LogP contribution in [0.1, 0.15) is 37.9 Å². The van der Waals surface area contributed by atoms with Crippen LogP contribution in [0.2, 0.25) is 0 Å². The van der Waals surface area contributed by atoms with E-state index in [-0.39, 0.29) is 17.1 Å². The summed E-state index contributed by atoms with van der Waals surface area (Å²) in [6.45, 7) is 2.35. The Balaban J connectivity index is 1.84. The fourth-order valence-corrected chi connectivity index (χ4v) is 3.53. The van der Waals surface area contributed by atoms with Gasteiger partial charge in [0.25, 0.3) is 0 Å². The molecule has 0 radical (unpaired) electrons. The molecule has 1 unspecified atom stereocenters. The Morgan fingerprint density at radius 3 is 2.50 bits per heavy atom. The van der Waals surface area contributed by atoms with Gasteiger partial charge in [-0.25, -0.2) is 8.42 Å². The van der Waals surface area contributed by atoms with Crippen molar-refractivity contribution in [3.05, 3.63) is 35.9 Å². The molecule has 100 valence electrons. The summed E-state index contributed by atoms with van der Waals surface area (Å²) in [6.07, 6.45) is 2.52. The molecule has 1 aromatic carbocycles. The molecule has 0 aromatic heterocycles. The molecule has 2 rings (SSSR count). The third-order valence-electron chi connectivity index (χ3n) is 3.26. The summed E-state index contributed by atoms with van der Waals surface area (Å²) in [5.41, 5.74) is 1.11. The third-order valence-corrected chi connectivity index (χ3v) is 5.48. The topological polar surface area (TPSA) is 43.4 Å². The van der Waals surface area contributed by atoms with Crippen molar-refractivity contribution in [1.82, 2.24) is 0 Å². The standard InChI is InChI=1S/C14H20O3S/c1-2-14(12-6-4-3-5-7-12)17-10-11-18(15,16)13-8-9-13/h3-7,13-14H,2,8-11H2,1H3. The summed E-state index contributed by atoms with van der Waals surface area (Å²) in [4.78, 5) is 0. The van der Waals surface area contributed by atoms with Gasteiger partial charge in [-0.2, -0.15) is 0 Å². The van der Waals surface area contributed by atoms with E-state index in [0.717, 1.165) is 24.8 Å². The number of hydrogen-bond acceptors (Lipinski definition) is 3. The van der Waals surface area contributed by atoms with Crippen LogP contribution in [0.5, 0.6) is 0 Å². The minimum Gasteiger partial charge on any atom is -0.372 e. The van der Waals surface area contributed by atoms with Crippen LogP contribution < -0.4 is 0 Å². The number of sulfone groups is 1. The Labute approximate surface area is 109 Å². The average Bonchev–Trinajstić information content (AvgIpc) is 3.20. The van der Waals surface area contributed by atoms with Crippen molar-refractivity contribution in [3.63, 3.8) is 0 Å². The van der Waals surface area contributed by atoms with Gasteiger partial charge in [-0.3, -0.25) is 0 Å². The lowest BCUT2D eigenvalue weighted by molar-refractivity contribution is 0.0610. The average molecular weight is 268 g/mol. The van der Waals surface area contributed by atoms with E-state index in [2.05, 4.69) is 0 Å². The second-order valence-corrected chi connectivity index (χ2v) is 7.15. The summed E-state index contributed by atoms with van der Waals surface area (Å²) in [6, 6.07) is 9.95. The minimum atomic E-state index is -2.90. The highest BCUT2D eigenvalue weighted by Crippen LogP contribution is 2.29. The summed E-state index contributed by atoms with van der Waals surface area (Å²) >= 11 is 0. The van der Waals surface area contributed by atoms with Crippen molar-refractivity contribution in [2.45, 2.75) is 37.5 Å². The van der Waals surface area contributed by atoms with Gasteiger partial charge >= 0.3 is 0 Å². The van der Waals surface area contributed by atoms with Gasteiger partial charge in [0.2, 0.25) is 0 Å². The maximum atomic E-state index is 11.7. The van der Waals surface area contributed by atoms with E-state index >= 15 is 0 Å². The molecule has 0 saturated heterocycles. The van der Waals surface area contributed by atoms with Crippen LogP contribution in [0.15, 0.2) is 30.3 Å². The highest BCUT2D eigenvalue weighted by molar-refractivity contribution is 7.92. The second-order valence-electron chi connectivity index (χ2n) is 4.74. The predicted molar refractivity (Wildman–Crippen MR) is 72.2 cm³/mol. The zero-order valence-electron chi connectivity index (χ0n) is 10.7. The van der Waals surface area contributed by atoms with E-state index in [1.807, 2.05) is 37.3 Å². The Hall–Kier alpha value is -0.870. The van der Waals surface area contributed by atoms with Crippen LogP contribution >= 0.6 is 0 Å². The molecule has 0 amide bonds. The summed E-state index contributed by atoms with van der Waals surface area (Å²) < 4.78 is 29.2.